The van der Waals surface area contributed by atoms with E-state index in [9.17, 15) is 32.3 Å². The van der Waals surface area contributed by atoms with E-state index in [2.05, 4.69) is 15.0 Å². The van der Waals surface area contributed by atoms with E-state index in [0.29, 0.717) is 35.9 Å². The van der Waals surface area contributed by atoms with Crippen LogP contribution < -0.4 is 9.64 Å². The number of halogens is 4. The quantitative estimate of drug-likeness (QED) is 0.195. The summed E-state index contributed by atoms with van der Waals surface area (Å²) < 4.78 is 76.2. The maximum atomic E-state index is 14.4. The summed E-state index contributed by atoms with van der Waals surface area (Å²) in [5.74, 6) is -3.70. The zero-order valence-corrected chi connectivity index (χ0v) is 27.6. The van der Waals surface area contributed by atoms with Gasteiger partial charge in [-0.3, -0.25) is 4.57 Å². The highest BCUT2D eigenvalue weighted by Crippen LogP contribution is 2.41. The highest BCUT2D eigenvalue weighted by Gasteiger charge is 2.44. The molecule has 5 aromatic rings. The molecule has 2 aromatic carbocycles. The summed E-state index contributed by atoms with van der Waals surface area (Å²) in [5, 5.41) is 10.6. The fourth-order valence-corrected chi connectivity index (χ4v) is 6.86. The molecular formula is C34H34F4N6O6. The number of nitrogens with zero attached hydrogens (tertiary/aromatic N) is 6. The summed E-state index contributed by atoms with van der Waals surface area (Å²) in [6.45, 7) is 7.89. The van der Waals surface area contributed by atoms with Gasteiger partial charge in [-0.15, -0.1) is 0 Å². The van der Waals surface area contributed by atoms with Crippen LogP contribution in [0.4, 0.5) is 28.2 Å². The van der Waals surface area contributed by atoms with Gasteiger partial charge in [-0.25, -0.2) is 23.9 Å². The lowest BCUT2D eigenvalue weighted by atomic mass is 9.93. The van der Waals surface area contributed by atoms with Crippen molar-refractivity contribution in [1.82, 2.24) is 24.4 Å². The first-order chi connectivity index (χ1) is 23.6. The Morgan fingerprint density at radius 2 is 1.80 bits per heavy atom. The molecule has 0 bridgehead atoms. The second-order valence-electron chi connectivity index (χ2n) is 13.8. The van der Waals surface area contributed by atoms with Crippen LogP contribution in [0.25, 0.3) is 33.1 Å². The number of ether oxygens (including phenoxy) is 2. The van der Waals surface area contributed by atoms with Gasteiger partial charge in [0.25, 0.3) is 6.01 Å². The molecule has 3 aromatic heterocycles. The largest absolute Gasteiger partial charge is 0.480 e. The number of carboxylic acids is 1. The number of piperidine rings is 1. The van der Waals surface area contributed by atoms with Crippen LogP contribution in [0.15, 0.2) is 46.9 Å². The number of alkyl halides is 3. The molecule has 5 heterocycles. The molecule has 0 aliphatic carbocycles. The summed E-state index contributed by atoms with van der Waals surface area (Å²) >= 11 is 0. The fourth-order valence-electron chi connectivity index (χ4n) is 6.86. The fraction of sp³-hybridized carbons (Fsp3) is 0.441. The van der Waals surface area contributed by atoms with Crippen LogP contribution in [0.2, 0.25) is 0 Å². The normalized spacial score (nSPS) is 21.8. The number of carbonyl (C=O) groups is 2. The number of para-hydroxylation sites is 1. The zero-order valence-electron chi connectivity index (χ0n) is 27.6. The number of hydrogen-bond donors (Lipinski definition) is 1. The Bertz CT molecular complexity index is 2120. The van der Waals surface area contributed by atoms with Crippen LogP contribution in [0.3, 0.4) is 0 Å². The van der Waals surface area contributed by atoms with Crippen molar-refractivity contribution in [3.63, 3.8) is 0 Å². The molecule has 2 fully saturated rings. The Morgan fingerprint density at radius 1 is 1.04 bits per heavy atom. The van der Waals surface area contributed by atoms with E-state index in [0.717, 1.165) is 0 Å². The van der Waals surface area contributed by atoms with Crippen molar-refractivity contribution >= 4 is 51.0 Å². The molecule has 16 heteroatoms. The summed E-state index contributed by atoms with van der Waals surface area (Å²) in [4.78, 5) is 40.4. The van der Waals surface area contributed by atoms with Crippen molar-refractivity contribution in [2.24, 2.45) is 5.92 Å². The van der Waals surface area contributed by atoms with Crippen LogP contribution >= 0.6 is 0 Å². The molecule has 7 rings (SSSR count). The highest BCUT2D eigenvalue weighted by atomic mass is 19.4. The van der Waals surface area contributed by atoms with Crippen molar-refractivity contribution in [2.75, 3.05) is 24.5 Å². The number of hydrogen-bond acceptors (Lipinski definition) is 9. The van der Waals surface area contributed by atoms with Gasteiger partial charge in [0.2, 0.25) is 5.82 Å². The number of furan rings is 1. The number of likely N-dealkylation sites (tertiary alicyclic amines) is 1. The van der Waals surface area contributed by atoms with Gasteiger partial charge >= 0.3 is 18.2 Å². The van der Waals surface area contributed by atoms with E-state index >= 15 is 0 Å². The molecule has 1 N–H and O–H groups in total. The highest BCUT2D eigenvalue weighted by molar-refractivity contribution is 6.06. The van der Waals surface area contributed by atoms with Gasteiger partial charge < -0.3 is 28.8 Å². The lowest BCUT2D eigenvalue weighted by Crippen LogP contribution is -2.45. The van der Waals surface area contributed by atoms with Crippen LogP contribution in [-0.2, 0) is 15.7 Å². The van der Waals surface area contributed by atoms with Gasteiger partial charge in [-0.1, -0.05) is 19.1 Å². The van der Waals surface area contributed by atoms with Crippen LogP contribution in [0.5, 0.6) is 6.01 Å². The summed E-state index contributed by atoms with van der Waals surface area (Å²) in [6, 6.07) is 9.08. The topological polar surface area (TPSA) is 136 Å². The minimum Gasteiger partial charge on any atom is -0.480 e. The van der Waals surface area contributed by atoms with Crippen LogP contribution in [0, 0.1) is 11.7 Å². The first-order valence-electron chi connectivity index (χ1n) is 16.2. The molecule has 1 amide bonds. The van der Waals surface area contributed by atoms with E-state index in [-0.39, 0.29) is 53.4 Å². The molecule has 50 heavy (non-hydrogen) atoms. The third kappa shape index (κ3) is 6.11. The first-order valence-corrected chi connectivity index (χ1v) is 16.2. The van der Waals surface area contributed by atoms with Crippen molar-refractivity contribution < 1.29 is 46.1 Å². The summed E-state index contributed by atoms with van der Waals surface area (Å²) in [7, 11) is 0. The van der Waals surface area contributed by atoms with Gasteiger partial charge in [-0.05, 0) is 57.4 Å². The van der Waals surface area contributed by atoms with Crippen molar-refractivity contribution in [1.29, 1.82) is 0 Å². The third-order valence-electron chi connectivity index (χ3n) is 9.01. The lowest BCUT2D eigenvalue weighted by molar-refractivity contribution is -0.144. The molecule has 0 spiro atoms. The number of amides is 1. The predicted molar refractivity (Wildman–Crippen MR) is 172 cm³/mol. The first kappa shape index (κ1) is 33.4. The molecule has 4 atom stereocenters. The molecule has 2 aliphatic rings. The standard InChI is InChI=1S/C34H34F4N6O6/c1-17-15-42(32(47)50-33(2,3)4)12-11-22(17)44-23-10-9-18(35)13-21(23)39-31(44)48-19-14-24(29(45)46)43(16-19)28-27-26(40-30(41-28)34(36,37)38)20-7-5-6-8-25(20)49-27/h5-10,13,17,19,22,24H,11-12,14-16H2,1-4H3,(H,45,46)/t17-,19-,22-,24-/m0/s1. The average Bonchev–Trinajstić information content (AvgIpc) is 3.72. The van der Waals surface area contributed by atoms with Gasteiger partial charge in [0.15, 0.2) is 11.4 Å². The van der Waals surface area contributed by atoms with Crippen molar-refractivity contribution in [3.8, 4) is 6.01 Å². The Kier molecular flexibility index (Phi) is 8.02. The maximum absolute atomic E-state index is 14.4. The Hall–Kier alpha value is -5.15. The molecule has 2 aliphatic heterocycles. The van der Waals surface area contributed by atoms with Gasteiger partial charge in [0.1, 0.15) is 34.7 Å². The number of fused-ring (bicyclic) bond motifs is 4. The number of imidazole rings is 1. The van der Waals surface area contributed by atoms with E-state index < -0.39 is 47.6 Å². The van der Waals surface area contributed by atoms with Crippen LogP contribution in [0.1, 0.15) is 52.4 Å². The third-order valence-corrected chi connectivity index (χ3v) is 9.01. The summed E-state index contributed by atoms with van der Waals surface area (Å²) in [6.07, 6.45) is -5.88. The molecule has 264 valence electrons. The second kappa shape index (κ2) is 12.0. The number of aromatic nitrogens is 4. The van der Waals surface area contributed by atoms with Crippen molar-refractivity contribution in [2.45, 2.75) is 70.5 Å². The van der Waals surface area contributed by atoms with E-state index in [1.807, 2.05) is 11.5 Å². The van der Waals surface area contributed by atoms with E-state index in [1.54, 1.807) is 56.0 Å². The summed E-state index contributed by atoms with van der Waals surface area (Å²) in [5.41, 5.74) is 0.303. The number of benzene rings is 2. The van der Waals surface area contributed by atoms with Crippen molar-refractivity contribution in [3.05, 3.63) is 54.1 Å². The zero-order chi connectivity index (χ0) is 35.7. The molecule has 2 saturated heterocycles. The Balaban J connectivity index is 1.23. The SMILES string of the molecule is C[C@H]1CN(C(=O)OC(C)(C)C)CC[C@@H]1n1c(O[C@H]2C[C@@H](C(=O)O)N(c3nc(C(F)(F)F)nc4c3oc3ccccc34)C2)nc2cc(F)ccc21. The molecule has 0 saturated carbocycles. The number of aliphatic carboxylic acids is 1. The van der Waals surface area contributed by atoms with E-state index in [4.69, 9.17) is 13.9 Å². The number of rotatable bonds is 5. The lowest BCUT2D eigenvalue weighted by Gasteiger charge is -2.38. The minimum absolute atomic E-state index is 0.0839. The van der Waals surface area contributed by atoms with E-state index in [1.165, 1.54) is 17.0 Å². The molecule has 0 unspecified atom stereocenters. The van der Waals surface area contributed by atoms with Gasteiger partial charge in [0.05, 0.1) is 17.6 Å². The predicted octanol–water partition coefficient (Wildman–Crippen LogP) is 6.81. The minimum atomic E-state index is -4.93. The molecule has 0 radical (unpaired) electrons. The maximum Gasteiger partial charge on any atom is 0.451 e. The van der Waals surface area contributed by atoms with Crippen LogP contribution in [-0.4, -0.2) is 79.0 Å². The Morgan fingerprint density at radius 3 is 2.50 bits per heavy atom. The number of carboxylic acid groups (broad SMARTS) is 1. The average molecular weight is 699 g/mol. The number of anilines is 1. The van der Waals surface area contributed by atoms with Gasteiger partial charge in [-0.2, -0.15) is 18.2 Å². The molecule has 12 nitrogen and oxygen atoms in total. The Labute approximate surface area is 282 Å². The molecular weight excluding hydrogens is 664 g/mol. The number of carbonyl (C=O) groups excluding carboxylic acids is 1. The second-order valence-corrected chi connectivity index (χ2v) is 13.8. The monoisotopic (exact) mass is 698 g/mol. The van der Waals surface area contributed by atoms with Gasteiger partial charge in [0, 0.05) is 37.0 Å². The smallest absolute Gasteiger partial charge is 0.451 e.